The van der Waals surface area contributed by atoms with Gasteiger partial charge in [0.15, 0.2) is 0 Å². The summed E-state index contributed by atoms with van der Waals surface area (Å²) in [7, 11) is 0. The van der Waals surface area contributed by atoms with Gasteiger partial charge in [0.25, 0.3) is 0 Å². The molecule has 0 saturated carbocycles. The molecule has 1 aromatic rings. The van der Waals surface area contributed by atoms with Crippen molar-refractivity contribution in [3.05, 3.63) is 23.9 Å². The summed E-state index contributed by atoms with van der Waals surface area (Å²) < 4.78 is 6.13. The van der Waals surface area contributed by atoms with E-state index < -0.39 is 0 Å². The largest absolute Gasteiger partial charge is 0.366 e. The van der Waals surface area contributed by atoms with Crippen LogP contribution in [0.25, 0.3) is 0 Å². The zero-order valence-corrected chi connectivity index (χ0v) is 13.4. The molecule has 0 atom stereocenters. The maximum absolute atomic E-state index is 6.13. The van der Waals surface area contributed by atoms with E-state index >= 15 is 0 Å². The standard InChI is InChI=1S/C16H27N3O/c1-6-17-10-13-8-7-9-14(18-13)19-11-15(2,3)20-16(4,5)12-19/h7-9,17H,6,10-12H2,1-5H3. The van der Waals surface area contributed by atoms with Crippen molar-refractivity contribution in [1.82, 2.24) is 10.3 Å². The van der Waals surface area contributed by atoms with Crippen molar-refractivity contribution in [2.24, 2.45) is 0 Å². The van der Waals surface area contributed by atoms with Gasteiger partial charge >= 0.3 is 0 Å². The van der Waals surface area contributed by atoms with Crippen molar-refractivity contribution < 1.29 is 4.74 Å². The number of hydrogen-bond donors (Lipinski definition) is 1. The summed E-state index contributed by atoms with van der Waals surface area (Å²) >= 11 is 0. The third-order valence-electron chi connectivity index (χ3n) is 3.37. The van der Waals surface area contributed by atoms with Crippen LogP contribution in [0.5, 0.6) is 0 Å². The second-order valence-electron chi connectivity index (χ2n) is 6.74. The second-order valence-corrected chi connectivity index (χ2v) is 6.74. The van der Waals surface area contributed by atoms with Crippen LogP contribution in [-0.4, -0.2) is 35.8 Å². The molecule has 1 saturated heterocycles. The molecule has 4 nitrogen and oxygen atoms in total. The third-order valence-corrected chi connectivity index (χ3v) is 3.37. The van der Waals surface area contributed by atoms with Crippen LogP contribution in [0.15, 0.2) is 18.2 Å². The van der Waals surface area contributed by atoms with Gasteiger partial charge in [0.1, 0.15) is 5.82 Å². The Hall–Kier alpha value is -1.13. The first kappa shape index (κ1) is 15.3. The lowest BCUT2D eigenvalue weighted by molar-refractivity contribution is -0.133. The normalized spacial score (nSPS) is 20.9. The maximum atomic E-state index is 6.13. The highest BCUT2D eigenvalue weighted by molar-refractivity contribution is 5.41. The average Bonchev–Trinajstić information content (AvgIpc) is 2.33. The van der Waals surface area contributed by atoms with Crippen LogP contribution in [0.4, 0.5) is 5.82 Å². The molecule has 1 N–H and O–H groups in total. The molecule has 0 radical (unpaired) electrons. The predicted octanol–water partition coefficient (Wildman–Crippen LogP) is 2.58. The van der Waals surface area contributed by atoms with E-state index in [4.69, 9.17) is 9.72 Å². The van der Waals surface area contributed by atoms with Gasteiger partial charge in [0.05, 0.1) is 16.9 Å². The molecule has 0 aliphatic carbocycles. The van der Waals surface area contributed by atoms with Crippen molar-refractivity contribution in [2.45, 2.75) is 52.4 Å². The van der Waals surface area contributed by atoms with Crippen LogP contribution in [0.1, 0.15) is 40.3 Å². The van der Waals surface area contributed by atoms with E-state index in [-0.39, 0.29) is 11.2 Å². The van der Waals surface area contributed by atoms with Gasteiger partial charge in [-0.1, -0.05) is 13.0 Å². The van der Waals surface area contributed by atoms with Crippen LogP contribution >= 0.6 is 0 Å². The minimum atomic E-state index is -0.152. The van der Waals surface area contributed by atoms with E-state index in [9.17, 15) is 0 Å². The Morgan fingerprint density at radius 3 is 2.45 bits per heavy atom. The summed E-state index contributed by atoms with van der Waals surface area (Å²) in [4.78, 5) is 7.11. The summed E-state index contributed by atoms with van der Waals surface area (Å²) in [5, 5.41) is 3.32. The Labute approximate surface area is 122 Å². The van der Waals surface area contributed by atoms with Gasteiger partial charge in [0, 0.05) is 19.6 Å². The molecule has 0 unspecified atom stereocenters. The van der Waals surface area contributed by atoms with Crippen molar-refractivity contribution in [2.75, 3.05) is 24.5 Å². The number of nitrogens with zero attached hydrogens (tertiary/aromatic N) is 2. The lowest BCUT2D eigenvalue weighted by Crippen LogP contribution is -2.57. The van der Waals surface area contributed by atoms with Crippen molar-refractivity contribution in [1.29, 1.82) is 0 Å². The van der Waals surface area contributed by atoms with Crippen LogP contribution < -0.4 is 10.2 Å². The van der Waals surface area contributed by atoms with Gasteiger partial charge in [-0.05, 0) is 46.4 Å². The highest BCUT2D eigenvalue weighted by Gasteiger charge is 2.38. The van der Waals surface area contributed by atoms with E-state index in [2.05, 4.69) is 63.0 Å². The van der Waals surface area contributed by atoms with Gasteiger partial charge < -0.3 is 15.0 Å². The third kappa shape index (κ3) is 3.93. The topological polar surface area (TPSA) is 37.4 Å². The van der Waals surface area contributed by atoms with E-state index in [1.54, 1.807) is 0 Å². The van der Waals surface area contributed by atoms with E-state index in [0.717, 1.165) is 37.7 Å². The fourth-order valence-corrected chi connectivity index (χ4v) is 2.94. The quantitative estimate of drug-likeness (QED) is 0.918. The molecule has 20 heavy (non-hydrogen) atoms. The summed E-state index contributed by atoms with van der Waals surface area (Å²) in [5.41, 5.74) is 0.786. The molecular weight excluding hydrogens is 250 g/mol. The van der Waals surface area contributed by atoms with Gasteiger partial charge in [0.2, 0.25) is 0 Å². The number of pyridine rings is 1. The molecule has 2 rings (SSSR count). The Kier molecular flexibility index (Phi) is 4.35. The molecule has 0 amide bonds. The number of hydrogen-bond acceptors (Lipinski definition) is 4. The molecule has 0 spiro atoms. The van der Waals surface area contributed by atoms with E-state index in [1.807, 2.05) is 0 Å². The van der Waals surface area contributed by atoms with Gasteiger partial charge in [-0.15, -0.1) is 0 Å². The number of aromatic nitrogens is 1. The molecule has 0 aromatic carbocycles. The monoisotopic (exact) mass is 277 g/mol. The molecule has 112 valence electrons. The summed E-state index contributed by atoms with van der Waals surface area (Å²) in [6.45, 7) is 14.2. The second kappa shape index (κ2) is 5.70. The van der Waals surface area contributed by atoms with Crippen molar-refractivity contribution in [3.8, 4) is 0 Å². The number of rotatable bonds is 4. The van der Waals surface area contributed by atoms with Crippen molar-refractivity contribution in [3.63, 3.8) is 0 Å². The molecule has 0 bridgehead atoms. The fraction of sp³-hybridized carbons (Fsp3) is 0.688. The summed E-state index contributed by atoms with van der Waals surface area (Å²) in [5.74, 6) is 1.05. The van der Waals surface area contributed by atoms with Crippen molar-refractivity contribution >= 4 is 5.82 Å². The van der Waals surface area contributed by atoms with Crippen LogP contribution in [-0.2, 0) is 11.3 Å². The first-order valence-corrected chi connectivity index (χ1v) is 7.43. The molecule has 1 fully saturated rings. The lowest BCUT2D eigenvalue weighted by atomic mass is 9.99. The number of morpholine rings is 1. The zero-order chi connectivity index (χ0) is 14.8. The van der Waals surface area contributed by atoms with Gasteiger partial charge in [-0.3, -0.25) is 0 Å². The highest BCUT2D eigenvalue weighted by Crippen LogP contribution is 2.30. The molecule has 1 aliphatic heterocycles. The van der Waals surface area contributed by atoms with Crippen LogP contribution in [0, 0.1) is 0 Å². The van der Waals surface area contributed by atoms with Crippen LogP contribution in [0.3, 0.4) is 0 Å². The zero-order valence-electron chi connectivity index (χ0n) is 13.4. The van der Waals surface area contributed by atoms with E-state index in [0.29, 0.717) is 0 Å². The van der Waals surface area contributed by atoms with Gasteiger partial charge in [-0.25, -0.2) is 4.98 Å². The minimum Gasteiger partial charge on any atom is -0.366 e. The smallest absolute Gasteiger partial charge is 0.129 e. The number of ether oxygens (including phenoxy) is 1. The Balaban J connectivity index is 2.18. The SMILES string of the molecule is CCNCc1cccc(N2CC(C)(C)OC(C)(C)C2)n1. The van der Waals surface area contributed by atoms with Gasteiger partial charge in [-0.2, -0.15) is 0 Å². The molecule has 1 aliphatic rings. The molecule has 2 heterocycles. The van der Waals surface area contributed by atoms with Crippen LogP contribution in [0.2, 0.25) is 0 Å². The summed E-state index contributed by atoms with van der Waals surface area (Å²) in [6.07, 6.45) is 0. The maximum Gasteiger partial charge on any atom is 0.129 e. The molecule has 4 heteroatoms. The highest BCUT2D eigenvalue weighted by atomic mass is 16.5. The van der Waals surface area contributed by atoms with E-state index in [1.165, 1.54) is 0 Å². The first-order valence-electron chi connectivity index (χ1n) is 7.43. The first-order chi connectivity index (χ1) is 9.31. The fourth-order valence-electron chi connectivity index (χ4n) is 2.94. The molecular formula is C16H27N3O. The predicted molar refractivity (Wildman–Crippen MR) is 83.1 cm³/mol. The Bertz CT molecular complexity index is 441. The minimum absolute atomic E-state index is 0.152. The number of anilines is 1. The molecule has 1 aromatic heterocycles. The Morgan fingerprint density at radius 2 is 1.85 bits per heavy atom. The average molecular weight is 277 g/mol. The lowest BCUT2D eigenvalue weighted by Gasteiger charge is -2.47. The number of nitrogens with one attached hydrogen (secondary N) is 1. The Morgan fingerprint density at radius 1 is 1.20 bits per heavy atom. The summed E-state index contributed by atoms with van der Waals surface area (Å²) in [6, 6.07) is 6.25.